The van der Waals surface area contributed by atoms with Gasteiger partial charge in [-0.05, 0) is 56.7 Å². The molecule has 1 aliphatic carbocycles. The molecule has 1 saturated carbocycles. The Balaban J connectivity index is 1.84. The second-order valence-electron chi connectivity index (χ2n) is 5.99. The van der Waals surface area contributed by atoms with E-state index >= 15 is 0 Å². The summed E-state index contributed by atoms with van der Waals surface area (Å²) in [5.74, 6) is 0. The summed E-state index contributed by atoms with van der Waals surface area (Å²) in [4.78, 5) is 11.8. The molecule has 20 heavy (non-hydrogen) atoms. The first-order chi connectivity index (χ1) is 9.39. The highest BCUT2D eigenvalue weighted by molar-refractivity contribution is 5.74. The van der Waals surface area contributed by atoms with Crippen LogP contribution in [0.3, 0.4) is 0 Å². The maximum absolute atomic E-state index is 11.8. The number of aryl methyl sites for hydroxylation is 3. The highest BCUT2D eigenvalue weighted by atomic mass is 16.3. The van der Waals surface area contributed by atoms with Gasteiger partial charge in [-0.3, -0.25) is 0 Å². The Morgan fingerprint density at radius 1 is 1.20 bits per heavy atom. The van der Waals surface area contributed by atoms with Crippen molar-refractivity contribution >= 4 is 6.03 Å². The number of rotatable bonds is 4. The van der Waals surface area contributed by atoms with Gasteiger partial charge in [0.25, 0.3) is 0 Å². The van der Waals surface area contributed by atoms with E-state index in [0.717, 1.165) is 24.8 Å². The summed E-state index contributed by atoms with van der Waals surface area (Å²) in [6.07, 6.45) is 2.61. The molecule has 2 rings (SSSR count). The Hall–Kier alpha value is -1.55. The predicted molar refractivity (Wildman–Crippen MR) is 79.7 cm³/mol. The van der Waals surface area contributed by atoms with Crippen molar-refractivity contribution in [3.05, 3.63) is 34.4 Å². The zero-order chi connectivity index (χ0) is 14.8. The number of benzene rings is 1. The second kappa shape index (κ2) is 5.83. The smallest absolute Gasteiger partial charge is 0.315 e. The van der Waals surface area contributed by atoms with Crippen LogP contribution >= 0.6 is 0 Å². The lowest BCUT2D eigenvalue weighted by Crippen LogP contribution is -2.50. The number of hydrogen-bond donors (Lipinski definition) is 3. The molecule has 0 bridgehead atoms. The van der Waals surface area contributed by atoms with Crippen LogP contribution in [0.2, 0.25) is 0 Å². The quantitative estimate of drug-likeness (QED) is 0.790. The molecule has 1 fully saturated rings. The largest absolute Gasteiger partial charge is 0.388 e. The van der Waals surface area contributed by atoms with Crippen molar-refractivity contribution in [2.45, 2.75) is 52.2 Å². The number of urea groups is 1. The Labute approximate surface area is 120 Å². The summed E-state index contributed by atoms with van der Waals surface area (Å²) in [6, 6.07) is 4.03. The van der Waals surface area contributed by atoms with E-state index in [1.165, 1.54) is 16.7 Å². The molecule has 4 heteroatoms. The van der Waals surface area contributed by atoms with Crippen LogP contribution in [0.25, 0.3) is 0 Å². The minimum atomic E-state index is -0.674. The molecule has 3 N–H and O–H groups in total. The van der Waals surface area contributed by atoms with E-state index in [1.54, 1.807) is 0 Å². The molecule has 0 spiro atoms. The lowest BCUT2D eigenvalue weighted by atomic mass is 9.80. The Bertz CT molecular complexity index is 484. The van der Waals surface area contributed by atoms with Crippen LogP contribution in [0, 0.1) is 20.8 Å². The van der Waals surface area contributed by atoms with Crippen molar-refractivity contribution in [1.29, 1.82) is 0 Å². The van der Waals surface area contributed by atoms with E-state index < -0.39 is 5.60 Å². The summed E-state index contributed by atoms with van der Waals surface area (Å²) in [5, 5.41) is 15.5. The third-order valence-electron chi connectivity index (χ3n) is 4.13. The summed E-state index contributed by atoms with van der Waals surface area (Å²) >= 11 is 0. The van der Waals surface area contributed by atoms with E-state index in [-0.39, 0.29) is 6.03 Å². The van der Waals surface area contributed by atoms with E-state index in [2.05, 4.69) is 43.5 Å². The highest BCUT2D eigenvalue weighted by Gasteiger charge is 2.34. The molecule has 0 saturated heterocycles. The van der Waals surface area contributed by atoms with Gasteiger partial charge in [0.15, 0.2) is 0 Å². The van der Waals surface area contributed by atoms with E-state index in [0.29, 0.717) is 13.1 Å². The Morgan fingerprint density at radius 2 is 1.80 bits per heavy atom. The predicted octanol–water partition coefficient (Wildman–Crippen LogP) is 2.33. The molecule has 4 nitrogen and oxygen atoms in total. The first-order valence-electron chi connectivity index (χ1n) is 7.20. The van der Waals surface area contributed by atoms with E-state index in [1.807, 2.05) is 0 Å². The molecule has 2 amide bonds. The van der Waals surface area contributed by atoms with Crippen LogP contribution in [0.4, 0.5) is 4.79 Å². The van der Waals surface area contributed by atoms with E-state index in [9.17, 15) is 9.90 Å². The molecule has 1 aromatic carbocycles. The lowest BCUT2D eigenvalue weighted by Gasteiger charge is -2.36. The molecule has 0 unspecified atom stereocenters. The van der Waals surface area contributed by atoms with Crippen molar-refractivity contribution in [2.24, 2.45) is 0 Å². The molecule has 0 heterocycles. The fourth-order valence-corrected chi connectivity index (χ4v) is 2.73. The Kier molecular flexibility index (Phi) is 4.33. The third kappa shape index (κ3) is 3.51. The molecular formula is C16H24N2O2. The van der Waals surface area contributed by atoms with Crippen LogP contribution in [0.15, 0.2) is 12.1 Å². The summed E-state index contributed by atoms with van der Waals surface area (Å²) in [7, 11) is 0. The number of nitrogens with one attached hydrogen (secondary N) is 2. The number of aliphatic hydroxyl groups is 1. The second-order valence-corrected chi connectivity index (χ2v) is 5.99. The van der Waals surface area contributed by atoms with Crippen molar-refractivity contribution < 1.29 is 9.90 Å². The normalized spacial score (nSPS) is 16.4. The third-order valence-corrected chi connectivity index (χ3v) is 4.13. The van der Waals surface area contributed by atoms with Gasteiger partial charge in [0, 0.05) is 13.1 Å². The molecule has 1 aromatic rings. The fraction of sp³-hybridized carbons (Fsp3) is 0.562. The number of carbonyl (C=O) groups is 1. The maximum atomic E-state index is 11.8. The van der Waals surface area contributed by atoms with Gasteiger partial charge >= 0.3 is 6.03 Å². The maximum Gasteiger partial charge on any atom is 0.315 e. The van der Waals surface area contributed by atoms with Gasteiger partial charge in [0.2, 0.25) is 0 Å². The van der Waals surface area contributed by atoms with Gasteiger partial charge in [-0.25, -0.2) is 4.79 Å². The highest BCUT2D eigenvalue weighted by Crippen LogP contribution is 2.30. The minimum absolute atomic E-state index is 0.218. The first-order valence-corrected chi connectivity index (χ1v) is 7.20. The zero-order valence-corrected chi connectivity index (χ0v) is 12.5. The molecular weight excluding hydrogens is 252 g/mol. The Morgan fingerprint density at radius 3 is 2.30 bits per heavy atom. The molecule has 0 atom stereocenters. The standard InChI is InChI=1S/C16H24N2O2/c1-11-7-12(2)14(13(3)8-11)9-17-15(19)18-10-16(20)5-4-6-16/h7-8,20H,4-6,9-10H2,1-3H3,(H2,17,18,19). The van der Waals surface area contributed by atoms with Gasteiger partial charge < -0.3 is 15.7 Å². The molecule has 0 aromatic heterocycles. The first kappa shape index (κ1) is 14.9. The summed E-state index contributed by atoms with van der Waals surface area (Å²) in [5.41, 5.74) is 4.11. The van der Waals surface area contributed by atoms with Gasteiger partial charge in [-0.15, -0.1) is 0 Å². The van der Waals surface area contributed by atoms with Gasteiger partial charge in [-0.1, -0.05) is 17.7 Å². The van der Waals surface area contributed by atoms with Crippen molar-refractivity contribution in [1.82, 2.24) is 10.6 Å². The van der Waals surface area contributed by atoms with Crippen molar-refractivity contribution in [3.8, 4) is 0 Å². The molecule has 110 valence electrons. The summed E-state index contributed by atoms with van der Waals surface area (Å²) < 4.78 is 0. The van der Waals surface area contributed by atoms with Crippen molar-refractivity contribution in [2.75, 3.05) is 6.54 Å². The zero-order valence-electron chi connectivity index (χ0n) is 12.5. The van der Waals surface area contributed by atoms with Crippen LogP contribution in [0.1, 0.15) is 41.5 Å². The van der Waals surface area contributed by atoms with Crippen LogP contribution < -0.4 is 10.6 Å². The molecule has 1 aliphatic rings. The van der Waals surface area contributed by atoms with Gasteiger partial charge in [0.1, 0.15) is 0 Å². The lowest BCUT2D eigenvalue weighted by molar-refractivity contribution is -0.0290. The molecule has 0 radical (unpaired) electrons. The monoisotopic (exact) mass is 276 g/mol. The average molecular weight is 276 g/mol. The summed E-state index contributed by atoms with van der Waals surface area (Å²) in [6.45, 7) is 7.05. The van der Waals surface area contributed by atoms with Crippen LogP contribution in [-0.4, -0.2) is 23.3 Å². The number of hydrogen-bond acceptors (Lipinski definition) is 2. The van der Waals surface area contributed by atoms with Gasteiger partial charge in [-0.2, -0.15) is 0 Å². The van der Waals surface area contributed by atoms with Gasteiger partial charge in [0.05, 0.1) is 5.60 Å². The van der Waals surface area contributed by atoms with E-state index in [4.69, 9.17) is 0 Å². The van der Waals surface area contributed by atoms with Crippen LogP contribution in [-0.2, 0) is 6.54 Å². The fourth-order valence-electron chi connectivity index (χ4n) is 2.73. The minimum Gasteiger partial charge on any atom is -0.388 e. The number of amides is 2. The average Bonchev–Trinajstić information content (AvgIpc) is 2.32. The molecule has 0 aliphatic heterocycles. The van der Waals surface area contributed by atoms with Crippen molar-refractivity contribution in [3.63, 3.8) is 0 Å². The van der Waals surface area contributed by atoms with Crippen LogP contribution in [0.5, 0.6) is 0 Å². The topological polar surface area (TPSA) is 61.4 Å². The number of carbonyl (C=O) groups excluding carboxylic acids is 1. The SMILES string of the molecule is Cc1cc(C)c(CNC(=O)NCC2(O)CCC2)c(C)c1.